The van der Waals surface area contributed by atoms with Gasteiger partial charge in [0.2, 0.25) is 0 Å². The van der Waals surface area contributed by atoms with Crippen LogP contribution in [0.15, 0.2) is 23.5 Å². The van der Waals surface area contributed by atoms with Crippen molar-refractivity contribution in [2.75, 3.05) is 7.11 Å². The van der Waals surface area contributed by atoms with Gasteiger partial charge in [0.1, 0.15) is 5.76 Å². The van der Waals surface area contributed by atoms with Gasteiger partial charge < -0.3 is 4.74 Å². The van der Waals surface area contributed by atoms with Gasteiger partial charge in [-0.2, -0.15) is 0 Å². The molecule has 2 unspecified atom stereocenters. The highest BCUT2D eigenvalue weighted by Gasteiger charge is 2.38. The normalized spacial score (nSPS) is 31.5. The van der Waals surface area contributed by atoms with Crippen LogP contribution < -0.4 is 0 Å². The second-order valence-corrected chi connectivity index (χ2v) is 3.43. The summed E-state index contributed by atoms with van der Waals surface area (Å²) in [5.74, 6) is 1.26. The standard InChI is InChI=1S/C9H9ClO2/c1-12-8-6-3-2-5(4-6)7(8)9(10)11/h2-3,5-6H,4H2,1H3. The van der Waals surface area contributed by atoms with Gasteiger partial charge in [-0.15, -0.1) is 0 Å². The second-order valence-electron chi connectivity index (χ2n) is 3.09. The summed E-state index contributed by atoms with van der Waals surface area (Å²) in [6, 6.07) is 0. The molecule has 0 saturated carbocycles. The van der Waals surface area contributed by atoms with E-state index < -0.39 is 0 Å². The average molecular weight is 185 g/mol. The Morgan fingerprint density at radius 2 is 2.25 bits per heavy atom. The van der Waals surface area contributed by atoms with Crippen LogP contribution in [0.3, 0.4) is 0 Å². The van der Waals surface area contributed by atoms with Crippen molar-refractivity contribution in [3.63, 3.8) is 0 Å². The number of ether oxygens (including phenoxy) is 1. The van der Waals surface area contributed by atoms with Gasteiger partial charge in [0.25, 0.3) is 5.24 Å². The fraction of sp³-hybridized carbons (Fsp3) is 0.444. The molecular formula is C9H9ClO2. The lowest BCUT2D eigenvalue weighted by atomic mass is 10.0. The van der Waals surface area contributed by atoms with Crippen LogP contribution >= 0.6 is 11.6 Å². The van der Waals surface area contributed by atoms with Gasteiger partial charge in [-0.1, -0.05) is 12.2 Å². The van der Waals surface area contributed by atoms with E-state index in [2.05, 4.69) is 6.08 Å². The number of hydrogen-bond acceptors (Lipinski definition) is 2. The largest absolute Gasteiger partial charge is 0.500 e. The highest BCUT2D eigenvalue weighted by molar-refractivity contribution is 6.67. The number of methoxy groups -OCH3 is 1. The Hall–Kier alpha value is -0.760. The lowest BCUT2D eigenvalue weighted by Crippen LogP contribution is -2.06. The molecule has 0 aromatic carbocycles. The Morgan fingerprint density at radius 1 is 1.58 bits per heavy atom. The van der Waals surface area contributed by atoms with E-state index in [1.165, 1.54) is 0 Å². The summed E-state index contributed by atoms with van der Waals surface area (Å²) < 4.78 is 5.14. The van der Waals surface area contributed by atoms with Gasteiger partial charge >= 0.3 is 0 Å². The van der Waals surface area contributed by atoms with Crippen molar-refractivity contribution in [1.82, 2.24) is 0 Å². The number of halogens is 1. The van der Waals surface area contributed by atoms with Gasteiger partial charge in [-0.3, -0.25) is 4.79 Å². The van der Waals surface area contributed by atoms with E-state index in [0.717, 1.165) is 12.2 Å². The lowest BCUT2D eigenvalue weighted by molar-refractivity contribution is -0.109. The average Bonchev–Trinajstić information content (AvgIpc) is 2.60. The number of fused-ring (bicyclic) bond motifs is 2. The Balaban J connectivity index is 2.39. The van der Waals surface area contributed by atoms with Gasteiger partial charge in [-0.05, 0) is 18.0 Å². The minimum atomic E-state index is -0.372. The molecule has 0 amide bonds. The van der Waals surface area contributed by atoms with Crippen LogP contribution in [0.5, 0.6) is 0 Å². The maximum Gasteiger partial charge on any atom is 0.252 e. The van der Waals surface area contributed by atoms with Crippen molar-refractivity contribution in [3.05, 3.63) is 23.5 Å². The lowest BCUT2D eigenvalue weighted by Gasteiger charge is -2.11. The number of carbonyl (C=O) groups is 1. The predicted molar refractivity (Wildman–Crippen MR) is 45.6 cm³/mol. The molecule has 0 N–H and O–H groups in total. The third kappa shape index (κ3) is 0.911. The van der Waals surface area contributed by atoms with Crippen LogP contribution in [0.2, 0.25) is 0 Å². The van der Waals surface area contributed by atoms with E-state index in [9.17, 15) is 4.79 Å². The van der Waals surface area contributed by atoms with Gasteiger partial charge in [0.05, 0.1) is 12.7 Å². The summed E-state index contributed by atoms with van der Waals surface area (Å²) in [5, 5.41) is -0.372. The first-order valence-electron chi connectivity index (χ1n) is 3.90. The summed E-state index contributed by atoms with van der Waals surface area (Å²) in [7, 11) is 1.59. The van der Waals surface area contributed by atoms with Crippen molar-refractivity contribution < 1.29 is 9.53 Å². The molecule has 0 heterocycles. The smallest absolute Gasteiger partial charge is 0.252 e. The zero-order valence-electron chi connectivity index (χ0n) is 6.71. The zero-order chi connectivity index (χ0) is 8.72. The molecular weight excluding hydrogens is 176 g/mol. The Bertz CT molecular complexity index is 291. The van der Waals surface area contributed by atoms with Crippen LogP contribution in [-0.2, 0) is 9.53 Å². The molecule has 2 aliphatic carbocycles. The number of rotatable bonds is 2. The minimum Gasteiger partial charge on any atom is -0.500 e. The SMILES string of the molecule is COC1=C(C(=O)Cl)C2C=CC1C2. The maximum absolute atomic E-state index is 11.0. The topological polar surface area (TPSA) is 26.3 Å². The Morgan fingerprint density at radius 3 is 2.75 bits per heavy atom. The second kappa shape index (κ2) is 2.63. The first-order valence-corrected chi connectivity index (χ1v) is 4.28. The van der Waals surface area contributed by atoms with Crippen LogP contribution in [0.4, 0.5) is 0 Å². The Kier molecular flexibility index (Phi) is 1.72. The predicted octanol–water partition coefficient (Wildman–Crippen LogP) is 1.86. The summed E-state index contributed by atoms with van der Waals surface area (Å²) in [4.78, 5) is 11.0. The molecule has 2 nitrogen and oxygen atoms in total. The zero-order valence-corrected chi connectivity index (χ0v) is 7.47. The van der Waals surface area contributed by atoms with E-state index >= 15 is 0 Å². The van der Waals surface area contributed by atoms with Crippen LogP contribution in [0.25, 0.3) is 0 Å². The van der Waals surface area contributed by atoms with Gasteiger partial charge in [0, 0.05) is 11.8 Å². The van der Waals surface area contributed by atoms with Crippen molar-refractivity contribution in [3.8, 4) is 0 Å². The first-order chi connectivity index (χ1) is 5.74. The molecule has 0 aromatic heterocycles. The molecule has 0 fully saturated rings. The molecule has 0 spiro atoms. The van der Waals surface area contributed by atoms with Crippen LogP contribution in [-0.4, -0.2) is 12.4 Å². The van der Waals surface area contributed by atoms with Crippen LogP contribution in [0, 0.1) is 11.8 Å². The fourth-order valence-electron chi connectivity index (χ4n) is 1.99. The van der Waals surface area contributed by atoms with Crippen molar-refractivity contribution in [2.45, 2.75) is 6.42 Å². The third-order valence-corrected chi connectivity index (χ3v) is 2.69. The quantitative estimate of drug-likeness (QED) is 0.484. The molecule has 0 aliphatic heterocycles. The van der Waals surface area contributed by atoms with E-state index in [0.29, 0.717) is 5.57 Å². The van der Waals surface area contributed by atoms with Crippen molar-refractivity contribution >= 4 is 16.8 Å². The van der Waals surface area contributed by atoms with Crippen molar-refractivity contribution in [1.29, 1.82) is 0 Å². The molecule has 64 valence electrons. The van der Waals surface area contributed by atoms with Gasteiger partial charge in [0.15, 0.2) is 0 Å². The Labute approximate surface area is 75.8 Å². The summed E-state index contributed by atoms with van der Waals surface area (Å²) in [5.41, 5.74) is 0.659. The molecule has 12 heavy (non-hydrogen) atoms. The summed E-state index contributed by atoms with van der Waals surface area (Å²) in [6.07, 6.45) is 5.06. The van der Waals surface area contributed by atoms with Crippen LogP contribution in [0.1, 0.15) is 6.42 Å². The maximum atomic E-state index is 11.0. The molecule has 0 aromatic rings. The number of hydrogen-bond donors (Lipinski definition) is 0. The minimum absolute atomic E-state index is 0.204. The van der Waals surface area contributed by atoms with E-state index in [-0.39, 0.29) is 17.1 Å². The molecule has 2 bridgehead atoms. The number of allylic oxidation sites excluding steroid dienone is 3. The monoisotopic (exact) mass is 184 g/mol. The third-order valence-electron chi connectivity index (χ3n) is 2.49. The fourth-order valence-corrected chi connectivity index (χ4v) is 2.23. The highest BCUT2D eigenvalue weighted by Crippen LogP contribution is 2.44. The van der Waals surface area contributed by atoms with E-state index in [4.69, 9.17) is 16.3 Å². The summed E-state index contributed by atoms with van der Waals surface area (Å²) in [6.45, 7) is 0. The first kappa shape index (κ1) is 7.87. The van der Waals surface area contributed by atoms with E-state index in [1.807, 2.05) is 6.08 Å². The highest BCUT2D eigenvalue weighted by atomic mass is 35.5. The summed E-state index contributed by atoms with van der Waals surface area (Å²) >= 11 is 5.44. The molecule has 2 rings (SSSR count). The molecule has 2 atom stereocenters. The molecule has 3 heteroatoms. The van der Waals surface area contributed by atoms with Gasteiger partial charge in [-0.25, -0.2) is 0 Å². The van der Waals surface area contributed by atoms with Crippen molar-refractivity contribution in [2.24, 2.45) is 11.8 Å². The molecule has 0 saturated heterocycles. The number of carbonyl (C=O) groups excluding carboxylic acids is 1. The molecule has 2 aliphatic rings. The van der Waals surface area contributed by atoms with E-state index in [1.54, 1.807) is 7.11 Å². The molecule has 0 radical (unpaired) electrons.